The number of para-hydroxylation sites is 1. The van der Waals surface area contributed by atoms with Crippen LogP contribution in [0, 0.1) is 0 Å². The van der Waals surface area contributed by atoms with Crippen LogP contribution in [0.2, 0.25) is 0 Å². The van der Waals surface area contributed by atoms with Crippen LogP contribution in [0.5, 0.6) is 0 Å². The Hall–Kier alpha value is -1.11. The zero-order chi connectivity index (χ0) is 14.8. The van der Waals surface area contributed by atoms with Crippen molar-refractivity contribution < 1.29 is 13.5 Å². The largest absolute Gasteiger partial charge is 0.389 e. The summed E-state index contributed by atoms with van der Waals surface area (Å²) in [5.41, 5.74) is -0.311. The zero-order valence-electron chi connectivity index (χ0n) is 12.0. The van der Waals surface area contributed by atoms with Crippen molar-refractivity contribution in [2.45, 2.75) is 36.2 Å². The Bertz CT molecular complexity index is 566. The van der Waals surface area contributed by atoms with E-state index in [9.17, 15) is 13.5 Å². The molecule has 0 amide bonds. The molecule has 2 rings (SSSR count). The highest BCUT2D eigenvalue weighted by atomic mass is 32.2. The molecule has 1 aliphatic carbocycles. The predicted octanol–water partition coefficient (Wildman–Crippen LogP) is 1.65. The van der Waals surface area contributed by atoms with Crippen LogP contribution in [0.15, 0.2) is 29.2 Å². The van der Waals surface area contributed by atoms with Gasteiger partial charge in [0.15, 0.2) is 0 Å². The molecule has 0 radical (unpaired) electrons. The molecule has 20 heavy (non-hydrogen) atoms. The van der Waals surface area contributed by atoms with Crippen LogP contribution < -0.4 is 5.32 Å². The topological polar surface area (TPSA) is 69.6 Å². The molecule has 1 fully saturated rings. The van der Waals surface area contributed by atoms with E-state index >= 15 is 0 Å². The van der Waals surface area contributed by atoms with Crippen LogP contribution in [0.3, 0.4) is 0 Å². The lowest BCUT2D eigenvalue weighted by Crippen LogP contribution is -2.42. The Morgan fingerprint density at radius 2 is 1.90 bits per heavy atom. The van der Waals surface area contributed by atoms with Crippen molar-refractivity contribution >= 4 is 15.7 Å². The van der Waals surface area contributed by atoms with Gasteiger partial charge in [-0.2, -0.15) is 4.31 Å². The van der Waals surface area contributed by atoms with E-state index in [1.165, 1.54) is 11.4 Å². The smallest absolute Gasteiger partial charge is 0.244 e. The average Bonchev–Trinajstić information content (AvgIpc) is 2.85. The third-order valence-corrected chi connectivity index (χ3v) is 5.76. The second-order valence-electron chi connectivity index (χ2n) is 5.44. The molecule has 0 atom stereocenters. The number of hydrogen-bond acceptors (Lipinski definition) is 4. The standard InChI is InChI=1S/C14H22N2O3S/c1-15-12-7-3-4-8-13(12)20(18,19)16(2)11-14(17)9-5-6-10-14/h3-4,7-8,15,17H,5-6,9-11H2,1-2H3. The van der Waals surface area contributed by atoms with E-state index in [-0.39, 0.29) is 11.4 Å². The molecule has 1 aliphatic rings. The number of hydrogen-bond donors (Lipinski definition) is 2. The first-order chi connectivity index (χ1) is 9.39. The quantitative estimate of drug-likeness (QED) is 0.867. The maximum atomic E-state index is 12.6. The number of benzene rings is 1. The number of nitrogens with zero attached hydrogens (tertiary/aromatic N) is 1. The van der Waals surface area contributed by atoms with Crippen molar-refractivity contribution in [1.29, 1.82) is 0 Å². The molecule has 0 saturated heterocycles. The van der Waals surface area contributed by atoms with Gasteiger partial charge in [0.2, 0.25) is 10.0 Å². The molecule has 6 heteroatoms. The second-order valence-corrected chi connectivity index (χ2v) is 7.45. The van der Waals surface area contributed by atoms with Crippen molar-refractivity contribution in [3.8, 4) is 0 Å². The van der Waals surface area contributed by atoms with Gasteiger partial charge in [-0.05, 0) is 25.0 Å². The fourth-order valence-corrected chi connectivity index (χ4v) is 4.20. The van der Waals surface area contributed by atoms with Crippen LogP contribution in [0.4, 0.5) is 5.69 Å². The minimum absolute atomic E-state index is 0.146. The van der Waals surface area contributed by atoms with Crippen LogP contribution in [0.1, 0.15) is 25.7 Å². The van der Waals surface area contributed by atoms with Gasteiger partial charge in [-0.3, -0.25) is 0 Å². The molecule has 0 unspecified atom stereocenters. The SMILES string of the molecule is CNc1ccccc1S(=O)(=O)N(C)CC1(O)CCCC1. The van der Waals surface area contributed by atoms with E-state index in [0.717, 1.165) is 12.8 Å². The second kappa shape index (κ2) is 5.71. The van der Waals surface area contributed by atoms with Crippen molar-refractivity contribution in [1.82, 2.24) is 4.31 Å². The summed E-state index contributed by atoms with van der Waals surface area (Å²) in [5.74, 6) is 0. The summed E-state index contributed by atoms with van der Waals surface area (Å²) < 4.78 is 26.5. The summed E-state index contributed by atoms with van der Waals surface area (Å²) in [6.45, 7) is 0.146. The molecular weight excluding hydrogens is 276 g/mol. The van der Waals surface area contributed by atoms with E-state index in [1.54, 1.807) is 31.3 Å². The van der Waals surface area contributed by atoms with E-state index in [4.69, 9.17) is 0 Å². The van der Waals surface area contributed by atoms with Crippen LogP contribution in [-0.2, 0) is 10.0 Å². The van der Waals surface area contributed by atoms with Gasteiger partial charge in [-0.1, -0.05) is 25.0 Å². The van der Waals surface area contributed by atoms with Gasteiger partial charge >= 0.3 is 0 Å². The first-order valence-electron chi connectivity index (χ1n) is 6.85. The van der Waals surface area contributed by atoms with Gasteiger partial charge in [0.1, 0.15) is 4.90 Å². The number of sulfonamides is 1. The molecule has 0 bridgehead atoms. The number of aliphatic hydroxyl groups is 1. The molecule has 1 aromatic rings. The van der Waals surface area contributed by atoms with Crippen molar-refractivity contribution in [3.63, 3.8) is 0 Å². The zero-order valence-corrected chi connectivity index (χ0v) is 12.8. The third kappa shape index (κ3) is 2.97. The fourth-order valence-electron chi connectivity index (χ4n) is 2.76. The lowest BCUT2D eigenvalue weighted by atomic mass is 10.0. The highest BCUT2D eigenvalue weighted by Crippen LogP contribution is 2.32. The molecule has 0 spiro atoms. The van der Waals surface area contributed by atoms with E-state index in [0.29, 0.717) is 18.5 Å². The van der Waals surface area contributed by atoms with Crippen LogP contribution in [-0.4, -0.2) is 44.1 Å². The van der Waals surface area contributed by atoms with Crippen molar-refractivity contribution in [2.75, 3.05) is 26.0 Å². The minimum Gasteiger partial charge on any atom is -0.389 e. The summed E-state index contributed by atoms with van der Waals surface area (Å²) >= 11 is 0. The Morgan fingerprint density at radius 1 is 1.30 bits per heavy atom. The van der Waals surface area contributed by atoms with Gasteiger partial charge in [-0.15, -0.1) is 0 Å². The molecule has 0 heterocycles. The summed E-state index contributed by atoms with van der Waals surface area (Å²) in [7, 11) is -0.377. The summed E-state index contributed by atoms with van der Waals surface area (Å²) in [6, 6.07) is 6.79. The van der Waals surface area contributed by atoms with E-state index in [1.807, 2.05) is 0 Å². The van der Waals surface area contributed by atoms with E-state index in [2.05, 4.69) is 5.32 Å². The monoisotopic (exact) mass is 298 g/mol. The van der Waals surface area contributed by atoms with Gasteiger partial charge in [0.05, 0.1) is 11.3 Å². The van der Waals surface area contributed by atoms with Crippen LogP contribution in [0.25, 0.3) is 0 Å². The lowest BCUT2D eigenvalue weighted by Gasteiger charge is -2.28. The first kappa shape index (κ1) is 15.3. The lowest BCUT2D eigenvalue weighted by molar-refractivity contribution is 0.0333. The minimum atomic E-state index is -3.60. The number of likely N-dealkylation sites (N-methyl/N-ethyl adjacent to an activating group) is 1. The molecule has 112 valence electrons. The van der Waals surface area contributed by atoms with Gasteiger partial charge in [0, 0.05) is 20.6 Å². The summed E-state index contributed by atoms with van der Waals surface area (Å²) in [6.07, 6.45) is 3.25. The Morgan fingerprint density at radius 3 is 2.50 bits per heavy atom. The number of nitrogens with one attached hydrogen (secondary N) is 1. The molecule has 1 aromatic carbocycles. The summed E-state index contributed by atoms with van der Waals surface area (Å²) in [5, 5.41) is 13.3. The maximum Gasteiger partial charge on any atom is 0.244 e. The number of rotatable bonds is 5. The van der Waals surface area contributed by atoms with Gasteiger partial charge in [-0.25, -0.2) is 8.42 Å². The number of anilines is 1. The molecule has 2 N–H and O–H groups in total. The molecular formula is C14H22N2O3S. The van der Waals surface area contributed by atoms with Gasteiger partial charge < -0.3 is 10.4 Å². The Labute approximate surface area is 120 Å². The van der Waals surface area contributed by atoms with E-state index < -0.39 is 15.6 Å². The Kier molecular flexibility index (Phi) is 4.36. The highest BCUT2D eigenvalue weighted by Gasteiger charge is 2.36. The van der Waals surface area contributed by atoms with Crippen LogP contribution >= 0.6 is 0 Å². The molecule has 5 nitrogen and oxygen atoms in total. The van der Waals surface area contributed by atoms with Crippen molar-refractivity contribution in [3.05, 3.63) is 24.3 Å². The molecule has 0 aromatic heterocycles. The highest BCUT2D eigenvalue weighted by molar-refractivity contribution is 7.89. The van der Waals surface area contributed by atoms with Gasteiger partial charge in [0.25, 0.3) is 0 Å². The van der Waals surface area contributed by atoms with Crippen molar-refractivity contribution in [2.24, 2.45) is 0 Å². The Balaban J connectivity index is 2.25. The molecule has 1 saturated carbocycles. The fraction of sp³-hybridized carbons (Fsp3) is 0.571. The maximum absolute atomic E-state index is 12.6. The predicted molar refractivity (Wildman–Crippen MR) is 79.2 cm³/mol. The molecule has 0 aliphatic heterocycles. The normalized spacial score (nSPS) is 18.4. The average molecular weight is 298 g/mol. The summed E-state index contributed by atoms with van der Waals surface area (Å²) in [4.78, 5) is 0.242. The first-order valence-corrected chi connectivity index (χ1v) is 8.29. The third-order valence-electron chi connectivity index (χ3n) is 3.90.